The average molecular weight is 424 g/mol. The third-order valence-electron chi connectivity index (χ3n) is 5.25. The number of hydrogen-bond acceptors (Lipinski definition) is 5. The molecule has 2 aromatic rings. The van der Waals surface area contributed by atoms with Crippen molar-refractivity contribution in [3.05, 3.63) is 54.1 Å². The quantitative estimate of drug-likeness (QED) is 0.687. The van der Waals surface area contributed by atoms with E-state index in [1.165, 1.54) is 6.08 Å². The second kappa shape index (κ2) is 10.5. The van der Waals surface area contributed by atoms with E-state index >= 15 is 0 Å². The van der Waals surface area contributed by atoms with E-state index in [1.54, 1.807) is 44.4 Å². The largest absolute Gasteiger partial charge is 0.493 e. The number of nitrogens with zero attached hydrogens (tertiary/aromatic N) is 1. The molecule has 7 nitrogen and oxygen atoms in total. The number of ether oxygens (including phenoxy) is 3. The first-order valence-corrected chi connectivity index (χ1v) is 10.2. The van der Waals surface area contributed by atoms with E-state index < -0.39 is 0 Å². The lowest BCUT2D eigenvalue weighted by molar-refractivity contribution is -0.130. The minimum atomic E-state index is -0.229. The van der Waals surface area contributed by atoms with E-state index in [4.69, 9.17) is 14.2 Å². The van der Waals surface area contributed by atoms with Crippen LogP contribution < -0.4 is 19.5 Å². The van der Waals surface area contributed by atoms with Gasteiger partial charge in [-0.05, 0) is 48.7 Å². The van der Waals surface area contributed by atoms with Crippen molar-refractivity contribution < 1.29 is 23.8 Å². The lowest BCUT2D eigenvalue weighted by Crippen LogP contribution is -2.43. The molecule has 0 aliphatic carbocycles. The Kier molecular flexibility index (Phi) is 7.54. The first kappa shape index (κ1) is 22.2. The third kappa shape index (κ3) is 5.57. The van der Waals surface area contributed by atoms with Crippen molar-refractivity contribution in [1.82, 2.24) is 4.90 Å². The molecule has 2 aromatic carbocycles. The third-order valence-corrected chi connectivity index (χ3v) is 5.25. The number of amides is 2. The number of rotatable bonds is 7. The van der Waals surface area contributed by atoms with Crippen LogP contribution in [0.15, 0.2) is 48.5 Å². The van der Waals surface area contributed by atoms with Gasteiger partial charge in [-0.3, -0.25) is 9.59 Å². The molecule has 0 spiro atoms. The molecule has 1 aliphatic rings. The summed E-state index contributed by atoms with van der Waals surface area (Å²) in [5.74, 6) is 1.11. The van der Waals surface area contributed by atoms with Gasteiger partial charge < -0.3 is 24.4 Å². The molecular weight excluding hydrogens is 396 g/mol. The van der Waals surface area contributed by atoms with Gasteiger partial charge in [0, 0.05) is 24.9 Å². The second-order valence-corrected chi connectivity index (χ2v) is 7.27. The monoisotopic (exact) mass is 424 g/mol. The van der Waals surface area contributed by atoms with Crippen molar-refractivity contribution in [2.45, 2.75) is 12.8 Å². The van der Waals surface area contributed by atoms with Gasteiger partial charge in [-0.15, -0.1) is 0 Å². The Labute approximate surface area is 182 Å². The fourth-order valence-corrected chi connectivity index (χ4v) is 3.63. The lowest BCUT2D eigenvalue weighted by Gasteiger charge is -2.31. The van der Waals surface area contributed by atoms with E-state index in [1.807, 2.05) is 30.3 Å². The zero-order valence-electron chi connectivity index (χ0n) is 18.1. The smallest absolute Gasteiger partial charge is 0.246 e. The second-order valence-electron chi connectivity index (χ2n) is 7.27. The Bertz CT molecular complexity index is 917. The number of carbonyl (C=O) groups excluding carboxylic acids is 2. The zero-order chi connectivity index (χ0) is 22.2. The van der Waals surface area contributed by atoms with Crippen LogP contribution in [0.4, 0.5) is 5.69 Å². The van der Waals surface area contributed by atoms with Gasteiger partial charge in [0.1, 0.15) is 0 Å². The van der Waals surface area contributed by atoms with Crippen LogP contribution in [0.2, 0.25) is 0 Å². The molecule has 1 N–H and O–H groups in total. The van der Waals surface area contributed by atoms with Gasteiger partial charge in [-0.2, -0.15) is 0 Å². The summed E-state index contributed by atoms with van der Waals surface area (Å²) in [6, 6.07) is 12.9. The van der Waals surface area contributed by atoms with Gasteiger partial charge in [0.25, 0.3) is 0 Å². The topological polar surface area (TPSA) is 77.1 Å². The molecule has 1 fully saturated rings. The summed E-state index contributed by atoms with van der Waals surface area (Å²) in [5.41, 5.74) is 1.51. The molecule has 1 unspecified atom stereocenters. The first-order valence-electron chi connectivity index (χ1n) is 10.2. The lowest BCUT2D eigenvalue weighted by atomic mass is 9.97. The standard InChI is InChI=1S/C24H28N2O5/c1-29-20-14-17(15-21(30-2)23(20)31-3)11-12-22(27)26-13-7-8-18(16-26)24(28)25-19-9-5-4-6-10-19/h4-6,9-12,14-15,18H,7-8,13,16H2,1-3H3,(H,25,28)/b12-11+. The van der Waals surface area contributed by atoms with Crippen LogP contribution in [0.25, 0.3) is 6.08 Å². The number of methoxy groups -OCH3 is 3. The number of benzene rings is 2. The highest BCUT2D eigenvalue weighted by Crippen LogP contribution is 2.38. The summed E-state index contributed by atoms with van der Waals surface area (Å²) in [5, 5.41) is 2.93. The van der Waals surface area contributed by atoms with Crippen molar-refractivity contribution in [3.63, 3.8) is 0 Å². The van der Waals surface area contributed by atoms with Gasteiger partial charge >= 0.3 is 0 Å². The number of anilines is 1. The number of para-hydroxylation sites is 1. The molecule has 1 atom stereocenters. The average Bonchev–Trinajstić information content (AvgIpc) is 2.82. The van der Waals surface area contributed by atoms with E-state index in [0.29, 0.717) is 30.3 Å². The van der Waals surface area contributed by atoms with Gasteiger partial charge in [0.2, 0.25) is 17.6 Å². The van der Waals surface area contributed by atoms with Crippen molar-refractivity contribution in [1.29, 1.82) is 0 Å². The predicted octanol–water partition coefficient (Wildman–Crippen LogP) is 3.60. The summed E-state index contributed by atoms with van der Waals surface area (Å²) in [4.78, 5) is 27.1. The molecule has 0 radical (unpaired) electrons. The Morgan fingerprint density at radius 2 is 1.71 bits per heavy atom. The van der Waals surface area contributed by atoms with Crippen LogP contribution in [-0.2, 0) is 9.59 Å². The summed E-state index contributed by atoms with van der Waals surface area (Å²) in [6.07, 6.45) is 4.77. The van der Waals surface area contributed by atoms with Gasteiger partial charge in [-0.1, -0.05) is 18.2 Å². The van der Waals surface area contributed by atoms with Gasteiger partial charge in [0.15, 0.2) is 11.5 Å². The fourth-order valence-electron chi connectivity index (χ4n) is 3.63. The van der Waals surface area contributed by atoms with Crippen molar-refractivity contribution >= 4 is 23.6 Å². The summed E-state index contributed by atoms with van der Waals surface area (Å²) in [6.45, 7) is 1.03. The number of piperidine rings is 1. The van der Waals surface area contributed by atoms with Crippen LogP contribution in [0.1, 0.15) is 18.4 Å². The summed E-state index contributed by atoms with van der Waals surface area (Å²) < 4.78 is 16.0. The highest BCUT2D eigenvalue weighted by Gasteiger charge is 2.27. The molecule has 1 saturated heterocycles. The molecular formula is C24H28N2O5. The van der Waals surface area contributed by atoms with Gasteiger partial charge in [-0.25, -0.2) is 0 Å². The molecule has 7 heteroatoms. The maximum absolute atomic E-state index is 12.8. The molecule has 31 heavy (non-hydrogen) atoms. The van der Waals surface area contributed by atoms with E-state index in [9.17, 15) is 9.59 Å². The van der Waals surface area contributed by atoms with Crippen LogP contribution in [-0.4, -0.2) is 51.1 Å². The molecule has 2 amide bonds. The molecule has 1 aliphatic heterocycles. The van der Waals surface area contributed by atoms with Crippen LogP contribution in [0.5, 0.6) is 17.2 Å². The van der Waals surface area contributed by atoms with Crippen molar-refractivity contribution in [2.75, 3.05) is 39.7 Å². The SMILES string of the molecule is COc1cc(/C=C/C(=O)N2CCCC(C(=O)Nc3ccccc3)C2)cc(OC)c1OC. The molecule has 164 valence electrons. The molecule has 0 bridgehead atoms. The van der Waals surface area contributed by atoms with E-state index in [0.717, 1.165) is 24.1 Å². The van der Waals surface area contributed by atoms with Crippen LogP contribution in [0.3, 0.4) is 0 Å². The Balaban J connectivity index is 1.66. The van der Waals surface area contributed by atoms with Crippen molar-refractivity contribution in [2.24, 2.45) is 5.92 Å². The van der Waals surface area contributed by atoms with Crippen LogP contribution in [0, 0.1) is 5.92 Å². The molecule has 0 aromatic heterocycles. The van der Waals surface area contributed by atoms with Crippen LogP contribution >= 0.6 is 0 Å². The Hall–Kier alpha value is -3.48. The predicted molar refractivity (Wildman–Crippen MR) is 120 cm³/mol. The molecule has 1 heterocycles. The Morgan fingerprint density at radius 3 is 2.32 bits per heavy atom. The zero-order valence-corrected chi connectivity index (χ0v) is 18.1. The molecule has 3 rings (SSSR count). The van der Waals surface area contributed by atoms with E-state index in [-0.39, 0.29) is 17.7 Å². The highest BCUT2D eigenvalue weighted by molar-refractivity contribution is 5.95. The van der Waals surface area contributed by atoms with E-state index in [2.05, 4.69) is 5.32 Å². The minimum absolute atomic E-state index is 0.0580. The van der Waals surface area contributed by atoms with Crippen molar-refractivity contribution in [3.8, 4) is 17.2 Å². The maximum atomic E-state index is 12.8. The molecule has 0 saturated carbocycles. The number of nitrogens with one attached hydrogen (secondary N) is 1. The normalized spacial score (nSPS) is 16.1. The number of hydrogen-bond donors (Lipinski definition) is 1. The van der Waals surface area contributed by atoms with Gasteiger partial charge in [0.05, 0.1) is 27.2 Å². The maximum Gasteiger partial charge on any atom is 0.246 e. The summed E-state index contributed by atoms with van der Waals surface area (Å²) in [7, 11) is 4.63. The minimum Gasteiger partial charge on any atom is -0.493 e. The first-order chi connectivity index (χ1) is 15.0. The highest BCUT2D eigenvalue weighted by atomic mass is 16.5. The summed E-state index contributed by atoms with van der Waals surface area (Å²) >= 11 is 0. The number of carbonyl (C=O) groups is 2. The Morgan fingerprint density at radius 1 is 1.03 bits per heavy atom. The number of likely N-dealkylation sites (tertiary alicyclic amines) is 1. The fraction of sp³-hybridized carbons (Fsp3) is 0.333.